The Balaban J connectivity index is 1.98. The summed E-state index contributed by atoms with van der Waals surface area (Å²) in [5.74, 6) is 1.76. The van der Waals surface area contributed by atoms with E-state index in [0.717, 1.165) is 29.2 Å². The van der Waals surface area contributed by atoms with Crippen molar-refractivity contribution in [3.63, 3.8) is 0 Å². The molecule has 0 heterocycles. The lowest BCUT2D eigenvalue weighted by atomic mass is 10.1. The Labute approximate surface area is 112 Å². The molecule has 1 aromatic carbocycles. The molecule has 2 N–H and O–H groups in total. The van der Waals surface area contributed by atoms with Gasteiger partial charge in [0, 0.05) is 4.47 Å². The van der Waals surface area contributed by atoms with E-state index < -0.39 is 0 Å². The second-order valence-electron chi connectivity index (χ2n) is 4.75. The number of benzene rings is 1. The van der Waals surface area contributed by atoms with Gasteiger partial charge in [0.2, 0.25) is 0 Å². The Morgan fingerprint density at radius 2 is 2.06 bits per heavy atom. The average molecular weight is 298 g/mol. The number of hydrogen-bond donors (Lipinski definition) is 1. The third-order valence-electron chi connectivity index (χ3n) is 3.39. The molecule has 0 bridgehead atoms. The molecule has 0 radical (unpaired) electrons. The summed E-state index contributed by atoms with van der Waals surface area (Å²) in [5, 5.41) is 0. The summed E-state index contributed by atoms with van der Waals surface area (Å²) in [5.41, 5.74) is 6.84. The van der Waals surface area contributed by atoms with Crippen molar-refractivity contribution in [3.8, 4) is 5.75 Å². The number of hydrogen-bond acceptors (Lipinski definition) is 2. The van der Waals surface area contributed by atoms with Crippen LogP contribution >= 0.6 is 15.9 Å². The van der Waals surface area contributed by atoms with Crippen LogP contribution in [0.3, 0.4) is 0 Å². The van der Waals surface area contributed by atoms with Crippen molar-refractivity contribution in [2.75, 3.05) is 13.2 Å². The third kappa shape index (κ3) is 3.71. The SMILES string of the molecule is NCCc1cc(Br)ccc1OCC1CCCC1. The van der Waals surface area contributed by atoms with Gasteiger partial charge >= 0.3 is 0 Å². The predicted octanol–water partition coefficient (Wildman–Crippen LogP) is 3.52. The van der Waals surface area contributed by atoms with Crippen molar-refractivity contribution >= 4 is 15.9 Å². The molecule has 17 heavy (non-hydrogen) atoms. The van der Waals surface area contributed by atoms with E-state index in [1.807, 2.05) is 12.1 Å². The summed E-state index contributed by atoms with van der Waals surface area (Å²) in [7, 11) is 0. The Hall–Kier alpha value is -0.540. The molecule has 0 atom stereocenters. The molecule has 94 valence electrons. The number of halogens is 1. The van der Waals surface area contributed by atoms with Gasteiger partial charge in [0.1, 0.15) is 5.75 Å². The van der Waals surface area contributed by atoms with Crippen LogP contribution in [-0.4, -0.2) is 13.2 Å². The van der Waals surface area contributed by atoms with Crippen LogP contribution in [0, 0.1) is 5.92 Å². The first-order chi connectivity index (χ1) is 8.29. The largest absolute Gasteiger partial charge is 0.493 e. The molecule has 1 aliphatic rings. The van der Waals surface area contributed by atoms with Crippen LogP contribution in [0.25, 0.3) is 0 Å². The van der Waals surface area contributed by atoms with Gasteiger partial charge in [-0.3, -0.25) is 0 Å². The predicted molar refractivity (Wildman–Crippen MR) is 74.4 cm³/mol. The van der Waals surface area contributed by atoms with E-state index in [1.165, 1.54) is 31.2 Å². The second kappa shape index (κ2) is 6.41. The molecule has 0 unspecified atom stereocenters. The summed E-state index contributed by atoms with van der Waals surface area (Å²) < 4.78 is 7.04. The molecule has 2 nitrogen and oxygen atoms in total. The molecule has 2 rings (SSSR count). The Morgan fingerprint density at radius 1 is 1.29 bits per heavy atom. The lowest BCUT2D eigenvalue weighted by molar-refractivity contribution is 0.250. The summed E-state index contributed by atoms with van der Waals surface area (Å²) in [6.07, 6.45) is 6.25. The van der Waals surface area contributed by atoms with Gasteiger partial charge in [0.25, 0.3) is 0 Å². The number of nitrogens with two attached hydrogens (primary N) is 1. The highest BCUT2D eigenvalue weighted by Gasteiger charge is 2.16. The molecule has 0 saturated heterocycles. The lowest BCUT2D eigenvalue weighted by Crippen LogP contribution is -2.10. The molecule has 1 fully saturated rings. The quantitative estimate of drug-likeness (QED) is 0.902. The fourth-order valence-corrected chi connectivity index (χ4v) is 2.83. The van der Waals surface area contributed by atoms with E-state index in [9.17, 15) is 0 Å². The van der Waals surface area contributed by atoms with Crippen molar-refractivity contribution < 1.29 is 4.74 Å². The zero-order chi connectivity index (χ0) is 12.1. The Bertz CT molecular complexity index is 361. The normalized spacial score (nSPS) is 16.4. The minimum Gasteiger partial charge on any atom is -0.493 e. The van der Waals surface area contributed by atoms with Gasteiger partial charge in [0.15, 0.2) is 0 Å². The van der Waals surface area contributed by atoms with E-state index >= 15 is 0 Å². The average Bonchev–Trinajstić information content (AvgIpc) is 2.81. The fraction of sp³-hybridized carbons (Fsp3) is 0.571. The van der Waals surface area contributed by atoms with Gasteiger partial charge in [0.05, 0.1) is 6.61 Å². The molecule has 0 amide bonds. The highest BCUT2D eigenvalue weighted by Crippen LogP contribution is 2.28. The maximum atomic E-state index is 5.95. The minimum atomic E-state index is 0.663. The van der Waals surface area contributed by atoms with E-state index in [0.29, 0.717) is 6.54 Å². The van der Waals surface area contributed by atoms with E-state index in [2.05, 4.69) is 22.0 Å². The zero-order valence-corrected chi connectivity index (χ0v) is 11.7. The van der Waals surface area contributed by atoms with Gasteiger partial charge in [-0.1, -0.05) is 28.8 Å². The third-order valence-corrected chi connectivity index (χ3v) is 3.88. The van der Waals surface area contributed by atoms with Crippen LogP contribution in [0.5, 0.6) is 5.75 Å². The summed E-state index contributed by atoms with van der Waals surface area (Å²) in [6, 6.07) is 6.19. The van der Waals surface area contributed by atoms with Gasteiger partial charge in [-0.05, 0) is 55.5 Å². The highest BCUT2D eigenvalue weighted by molar-refractivity contribution is 9.10. The number of rotatable bonds is 5. The Kier molecular flexibility index (Phi) is 4.86. The van der Waals surface area contributed by atoms with Crippen molar-refractivity contribution in [2.24, 2.45) is 11.7 Å². The van der Waals surface area contributed by atoms with Crippen LogP contribution < -0.4 is 10.5 Å². The summed E-state index contributed by atoms with van der Waals surface area (Å²) >= 11 is 3.49. The second-order valence-corrected chi connectivity index (χ2v) is 5.67. The van der Waals surface area contributed by atoms with Crippen molar-refractivity contribution in [2.45, 2.75) is 32.1 Å². The van der Waals surface area contributed by atoms with Crippen LogP contribution in [0.4, 0.5) is 0 Å². The molecule has 1 aromatic rings. The molecule has 0 aromatic heterocycles. The topological polar surface area (TPSA) is 35.2 Å². The van der Waals surface area contributed by atoms with Crippen molar-refractivity contribution in [1.29, 1.82) is 0 Å². The standard InChI is InChI=1S/C14H20BrNO/c15-13-5-6-14(12(9-13)7-8-16)17-10-11-3-1-2-4-11/h5-6,9,11H,1-4,7-8,10,16H2. The first-order valence-corrected chi connectivity index (χ1v) is 7.20. The molecule has 1 aliphatic carbocycles. The summed E-state index contributed by atoms with van der Waals surface area (Å²) in [6.45, 7) is 1.52. The van der Waals surface area contributed by atoms with E-state index in [1.54, 1.807) is 0 Å². The van der Waals surface area contributed by atoms with Gasteiger partial charge in [-0.25, -0.2) is 0 Å². The zero-order valence-electron chi connectivity index (χ0n) is 10.1. The van der Waals surface area contributed by atoms with Gasteiger partial charge in [-0.15, -0.1) is 0 Å². The monoisotopic (exact) mass is 297 g/mol. The summed E-state index contributed by atoms with van der Waals surface area (Å²) in [4.78, 5) is 0. The van der Waals surface area contributed by atoms with Crippen molar-refractivity contribution in [3.05, 3.63) is 28.2 Å². The minimum absolute atomic E-state index is 0.663. The van der Waals surface area contributed by atoms with Crippen LogP contribution in [-0.2, 0) is 6.42 Å². The highest BCUT2D eigenvalue weighted by atomic mass is 79.9. The van der Waals surface area contributed by atoms with E-state index in [-0.39, 0.29) is 0 Å². The molecule has 3 heteroatoms. The maximum Gasteiger partial charge on any atom is 0.122 e. The van der Waals surface area contributed by atoms with Crippen LogP contribution in [0.2, 0.25) is 0 Å². The smallest absolute Gasteiger partial charge is 0.122 e. The fourth-order valence-electron chi connectivity index (χ4n) is 2.42. The molecule has 0 spiro atoms. The van der Waals surface area contributed by atoms with Crippen molar-refractivity contribution in [1.82, 2.24) is 0 Å². The molecular weight excluding hydrogens is 278 g/mol. The molecule has 1 saturated carbocycles. The number of ether oxygens (including phenoxy) is 1. The first kappa shape index (κ1) is 12.9. The first-order valence-electron chi connectivity index (χ1n) is 6.41. The van der Waals surface area contributed by atoms with Gasteiger partial charge in [-0.2, -0.15) is 0 Å². The Morgan fingerprint density at radius 3 is 2.76 bits per heavy atom. The molecular formula is C14H20BrNO. The lowest BCUT2D eigenvalue weighted by Gasteiger charge is -2.14. The van der Waals surface area contributed by atoms with Gasteiger partial charge < -0.3 is 10.5 Å². The van der Waals surface area contributed by atoms with E-state index in [4.69, 9.17) is 10.5 Å². The van der Waals surface area contributed by atoms with Crippen LogP contribution in [0.15, 0.2) is 22.7 Å². The maximum absolute atomic E-state index is 5.95. The molecule has 0 aliphatic heterocycles. The van der Waals surface area contributed by atoms with Crippen LogP contribution in [0.1, 0.15) is 31.2 Å².